The van der Waals surface area contributed by atoms with Crippen LogP contribution >= 0.6 is 0 Å². The predicted octanol–water partition coefficient (Wildman–Crippen LogP) is 1.66. The zero-order valence-corrected chi connectivity index (χ0v) is 13.2. The fourth-order valence-corrected chi connectivity index (χ4v) is 2.56. The van der Waals surface area contributed by atoms with Crippen molar-refractivity contribution in [2.24, 2.45) is 5.92 Å². The second-order valence-corrected chi connectivity index (χ2v) is 5.53. The van der Waals surface area contributed by atoms with Gasteiger partial charge in [-0.05, 0) is 25.0 Å². The van der Waals surface area contributed by atoms with E-state index in [0.717, 1.165) is 22.7 Å². The van der Waals surface area contributed by atoms with E-state index in [9.17, 15) is 4.79 Å². The van der Waals surface area contributed by atoms with Gasteiger partial charge in [-0.2, -0.15) is 0 Å². The van der Waals surface area contributed by atoms with E-state index >= 15 is 0 Å². The van der Waals surface area contributed by atoms with Gasteiger partial charge >= 0.3 is 0 Å². The van der Waals surface area contributed by atoms with Crippen LogP contribution in [0, 0.1) is 12.8 Å². The Balaban J connectivity index is 1.61. The van der Waals surface area contributed by atoms with Crippen molar-refractivity contribution in [1.29, 1.82) is 0 Å². The van der Waals surface area contributed by atoms with Crippen LogP contribution in [0.1, 0.15) is 17.0 Å². The maximum atomic E-state index is 12.3. The van der Waals surface area contributed by atoms with Gasteiger partial charge in [-0.15, -0.1) is 0 Å². The lowest BCUT2D eigenvalue weighted by molar-refractivity contribution is -0.126. The molecule has 0 fully saturated rings. The Labute approximate surface area is 134 Å². The van der Waals surface area contributed by atoms with E-state index < -0.39 is 0 Å². The summed E-state index contributed by atoms with van der Waals surface area (Å²) in [5.74, 6) is 1.19. The van der Waals surface area contributed by atoms with E-state index in [-0.39, 0.29) is 11.8 Å². The molecule has 0 saturated heterocycles. The van der Waals surface area contributed by atoms with Gasteiger partial charge in [0.05, 0.1) is 37.2 Å². The number of aryl methyl sites for hydroxylation is 1. The van der Waals surface area contributed by atoms with Crippen LogP contribution in [0.15, 0.2) is 30.6 Å². The molecule has 23 heavy (non-hydrogen) atoms. The molecular weight excluding hydrogens is 294 g/mol. The summed E-state index contributed by atoms with van der Waals surface area (Å²) in [6, 6.07) is 5.72. The van der Waals surface area contributed by atoms with Gasteiger partial charge in [0.25, 0.3) is 0 Å². The zero-order valence-electron chi connectivity index (χ0n) is 13.2. The van der Waals surface area contributed by atoms with Crippen LogP contribution < -0.4 is 14.8 Å². The largest absolute Gasteiger partial charge is 0.493 e. The predicted molar refractivity (Wildman–Crippen MR) is 84.3 cm³/mol. The quantitative estimate of drug-likeness (QED) is 0.929. The van der Waals surface area contributed by atoms with Crippen molar-refractivity contribution in [3.8, 4) is 11.5 Å². The highest BCUT2D eigenvalue weighted by atomic mass is 16.5. The second-order valence-electron chi connectivity index (χ2n) is 5.53. The number of methoxy groups -OCH3 is 1. The molecule has 0 bridgehead atoms. The average Bonchev–Trinajstić information content (AvgIpc) is 2.60. The van der Waals surface area contributed by atoms with Gasteiger partial charge in [0.2, 0.25) is 5.91 Å². The van der Waals surface area contributed by atoms with E-state index in [4.69, 9.17) is 9.47 Å². The van der Waals surface area contributed by atoms with Crippen LogP contribution in [-0.2, 0) is 17.8 Å². The highest BCUT2D eigenvalue weighted by Crippen LogP contribution is 2.35. The fourth-order valence-electron chi connectivity index (χ4n) is 2.56. The number of benzene rings is 1. The average molecular weight is 313 g/mol. The van der Waals surface area contributed by atoms with E-state index in [1.54, 1.807) is 19.5 Å². The second kappa shape index (κ2) is 6.64. The van der Waals surface area contributed by atoms with Crippen LogP contribution in [0.4, 0.5) is 0 Å². The molecule has 0 radical (unpaired) electrons. The fraction of sp³-hybridized carbons (Fsp3) is 0.353. The lowest BCUT2D eigenvalue weighted by atomic mass is 9.95. The summed E-state index contributed by atoms with van der Waals surface area (Å²) in [5, 5.41) is 2.89. The number of hydrogen-bond acceptors (Lipinski definition) is 5. The van der Waals surface area contributed by atoms with Gasteiger partial charge in [-0.25, -0.2) is 0 Å². The Morgan fingerprint density at radius 3 is 3.00 bits per heavy atom. The van der Waals surface area contributed by atoms with Gasteiger partial charge < -0.3 is 14.8 Å². The number of carbonyl (C=O) groups is 1. The number of para-hydroxylation sites is 1. The maximum absolute atomic E-state index is 12.3. The van der Waals surface area contributed by atoms with Crippen molar-refractivity contribution in [1.82, 2.24) is 15.3 Å². The molecule has 1 aliphatic heterocycles. The maximum Gasteiger partial charge on any atom is 0.227 e. The van der Waals surface area contributed by atoms with Crippen LogP contribution in [-0.4, -0.2) is 29.6 Å². The zero-order chi connectivity index (χ0) is 16.2. The lowest BCUT2D eigenvalue weighted by Gasteiger charge is -2.25. The molecule has 1 aromatic carbocycles. The van der Waals surface area contributed by atoms with Gasteiger partial charge in [0.15, 0.2) is 11.5 Å². The molecule has 3 rings (SSSR count). The summed E-state index contributed by atoms with van der Waals surface area (Å²) in [6.07, 6.45) is 4.00. The van der Waals surface area contributed by atoms with Gasteiger partial charge in [0, 0.05) is 6.20 Å². The molecule has 120 valence electrons. The monoisotopic (exact) mass is 313 g/mol. The molecular formula is C17H19N3O3. The number of hydrogen-bond donors (Lipinski definition) is 1. The van der Waals surface area contributed by atoms with Gasteiger partial charge in [-0.3, -0.25) is 14.8 Å². The molecule has 1 aliphatic rings. The first-order valence-corrected chi connectivity index (χ1v) is 7.51. The van der Waals surface area contributed by atoms with Crippen molar-refractivity contribution < 1.29 is 14.3 Å². The third-order valence-electron chi connectivity index (χ3n) is 3.82. The number of carbonyl (C=O) groups excluding carboxylic acids is 1. The van der Waals surface area contributed by atoms with Crippen molar-refractivity contribution >= 4 is 5.91 Å². The molecule has 2 aromatic rings. The number of nitrogens with one attached hydrogen (secondary N) is 1. The summed E-state index contributed by atoms with van der Waals surface area (Å²) < 4.78 is 11.0. The summed E-state index contributed by atoms with van der Waals surface area (Å²) in [5.41, 5.74) is 2.58. The van der Waals surface area contributed by atoms with Gasteiger partial charge in [-0.1, -0.05) is 12.1 Å². The lowest BCUT2D eigenvalue weighted by Crippen LogP contribution is -2.37. The Morgan fingerprint density at radius 1 is 1.39 bits per heavy atom. The summed E-state index contributed by atoms with van der Waals surface area (Å²) in [4.78, 5) is 20.7. The van der Waals surface area contributed by atoms with Crippen LogP contribution in [0.3, 0.4) is 0 Å². The molecule has 6 nitrogen and oxygen atoms in total. The molecule has 0 unspecified atom stereocenters. The van der Waals surface area contributed by atoms with Crippen molar-refractivity contribution in [3.63, 3.8) is 0 Å². The Hall–Kier alpha value is -2.63. The molecule has 0 saturated carbocycles. The summed E-state index contributed by atoms with van der Waals surface area (Å²) in [6.45, 7) is 2.59. The number of rotatable bonds is 4. The topological polar surface area (TPSA) is 73.3 Å². The van der Waals surface area contributed by atoms with Crippen molar-refractivity contribution in [2.75, 3.05) is 13.7 Å². The highest BCUT2D eigenvalue weighted by molar-refractivity contribution is 5.79. The SMILES string of the molecule is COc1cccc2c1OC[C@@H](C(=O)NCc1cnc(C)cn1)C2. The third kappa shape index (κ3) is 3.41. The van der Waals surface area contributed by atoms with Crippen LogP contribution in [0.25, 0.3) is 0 Å². The molecule has 1 amide bonds. The van der Waals surface area contributed by atoms with Crippen molar-refractivity contribution in [3.05, 3.63) is 47.5 Å². The number of amides is 1. The number of fused-ring (bicyclic) bond motifs is 1. The van der Waals surface area contributed by atoms with Crippen molar-refractivity contribution in [2.45, 2.75) is 19.9 Å². The van der Waals surface area contributed by atoms with Gasteiger partial charge in [0.1, 0.15) is 6.61 Å². The van der Waals surface area contributed by atoms with E-state index in [1.807, 2.05) is 25.1 Å². The van der Waals surface area contributed by atoms with Crippen LogP contribution in [0.2, 0.25) is 0 Å². The Bertz CT molecular complexity index is 701. The van der Waals surface area contributed by atoms with E-state index in [0.29, 0.717) is 25.3 Å². The minimum absolute atomic E-state index is 0.0409. The Kier molecular flexibility index (Phi) is 4.41. The molecule has 0 aliphatic carbocycles. The minimum Gasteiger partial charge on any atom is -0.493 e. The van der Waals surface area contributed by atoms with Crippen LogP contribution in [0.5, 0.6) is 11.5 Å². The first kappa shape index (κ1) is 15.3. The molecule has 1 atom stereocenters. The smallest absolute Gasteiger partial charge is 0.227 e. The normalized spacial score (nSPS) is 16.2. The first-order valence-electron chi connectivity index (χ1n) is 7.51. The van der Waals surface area contributed by atoms with E-state index in [1.165, 1.54) is 0 Å². The number of aromatic nitrogens is 2. The standard InChI is InChI=1S/C17H19N3O3/c1-11-7-19-14(8-18-11)9-20-17(21)13-6-12-4-3-5-15(22-2)16(12)23-10-13/h3-5,7-8,13H,6,9-10H2,1-2H3,(H,20,21)/t13-/m0/s1. The number of ether oxygens (including phenoxy) is 2. The number of nitrogens with zero attached hydrogens (tertiary/aromatic N) is 2. The third-order valence-corrected chi connectivity index (χ3v) is 3.82. The highest BCUT2D eigenvalue weighted by Gasteiger charge is 2.27. The first-order chi connectivity index (χ1) is 11.2. The molecule has 2 heterocycles. The Morgan fingerprint density at radius 2 is 2.26 bits per heavy atom. The van der Waals surface area contributed by atoms with E-state index in [2.05, 4.69) is 15.3 Å². The molecule has 0 spiro atoms. The molecule has 6 heteroatoms. The molecule has 1 aromatic heterocycles. The summed E-state index contributed by atoms with van der Waals surface area (Å²) in [7, 11) is 1.61. The molecule has 1 N–H and O–H groups in total. The summed E-state index contributed by atoms with van der Waals surface area (Å²) >= 11 is 0. The minimum atomic E-state index is -0.215.